The lowest BCUT2D eigenvalue weighted by molar-refractivity contribution is 0.212. The van der Waals surface area contributed by atoms with E-state index in [1.165, 1.54) is 18.2 Å². The molecular weight excluding hydrogens is 345 g/mol. The lowest BCUT2D eigenvalue weighted by Gasteiger charge is -2.35. The van der Waals surface area contributed by atoms with Crippen LogP contribution < -0.4 is 4.72 Å². The molecule has 0 aliphatic heterocycles. The summed E-state index contributed by atoms with van der Waals surface area (Å²) < 4.78 is 41.5. The molecule has 0 heterocycles. The number of benzene rings is 1. The van der Waals surface area contributed by atoms with Gasteiger partial charge >= 0.3 is 0 Å². The third kappa shape index (κ3) is 3.80. The second-order valence-electron chi connectivity index (χ2n) is 6.15. The van der Waals surface area contributed by atoms with Gasteiger partial charge in [0.05, 0.1) is 0 Å². The highest BCUT2D eigenvalue weighted by atomic mass is 79.9. The van der Waals surface area contributed by atoms with Crippen LogP contribution in [0.4, 0.5) is 4.39 Å². The molecule has 112 valence electrons. The molecular formula is C14H19BrFNO2S. The summed E-state index contributed by atoms with van der Waals surface area (Å²) in [5, 5.41) is 0. The molecule has 0 radical (unpaired) electrons. The van der Waals surface area contributed by atoms with E-state index in [1.54, 1.807) is 0 Å². The van der Waals surface area contributed by atoms with Gasteiger partial charge in [0.15, 0.2) is 0 Å². The van der Waals surface area contributed by atoms with Gasteiger partial charge in [-0.1, -0.05) is 36.2 Å². The first-order chi connectivity index (χ1) is 9.20. The van der Waals surface area contributed by atoms with E-state index in [9.17, 15) is 12.8 Å². The zero-order valence-corrected chi connectivity index (χ0v) is 14.0. The first kappa shape index (κ1) is 15.9. The summed E-state index contributed by atoms with van der Waals surface area (Å²) in [5.41, 5.74) is 0.129. The minimum atomic E-state index is -3.80. The molecule has 2 rings (SSSR count). The molecule has 1 aromatic rings. The number of nitrogens with one attached hydrogen (secondary N) is 1. The Morgan fingerprint density at radius 2 is 2.10 bits per heavy atom. The van der Waals surface area contributed by atoms with Crippen molar-refractivity contribution in [2.45, 2.75) is 50.5 Å². The Morgan fingerprint density at radius 1 is 1.40 bits per heavy atom. The fraction of sp³-hybridized carbons (Fsp3) is 0.571. The van der Waals surface area contributed by atoms with Crippen LogP contribution in [0, 0.1) is 11.2 Å². The van der Waals surface area contributed by atoms with Crippen molar-refractivity contribution < 1.29 is 12.8 Å². The van der Waals surface area contributed by atoms with Gasteiger partial charge in [0.2, 0.25) is 10.0 Å². The van der Waals surface area contributed by atoms with E-state index >= 15 is 0 Å². The van der Waals surface area contributed by atoms with Gasteiger partial charge in [0, 0.05) is 10.5 Å². The van der Waals surface area contributed by atoms with Crippen molar-refractivity contribution in [3.8, 4) is 0 Å². The largest absolute Gasteiger partial charge is 0.243 e. The van der Waals surface area contributed by atoms with E-state index in [1.807, 2.05) is 0 Å². The second kappa shape index (κ2) is 5.73. The Kier molecular flexibility index (Phi) is 4.56. The van der Waals surface area contributed by atoms with Gasteiger partial charge in [-0.05, 0) is 42.9 Å². The van der Waals surface area contributed by atoms with Crippen LogP contribution in [0.1, 0.15) is 39.5 Å². The highest BCUT2D eigenvalue weighted by Gasteiger charge is 2.31. The van der Waals surface area contributed by atoms with E-state index in [2.05, 4.69) is 34.5 Å². The molecule has 0 spiro atoms. The van der Waals surface area contributed by atoms with Crippen LogP contribution in [0.3, 0.4) is 0 Å². The van der Waals surface area contributed by atoms with Crippen molar-refractivity contribution in [1.82, 2.24) is 4.72 Å². The lowest BCUT2D eigenvalue weighted by atomic mass is 9.75. The standard InChI is InChI=1S/C14H19BrFNO2S/c1-14(2)7-3-4-11(9-14)17-20(18,19)13-6-5-10(15)8-12(13)16/h5-6,8,11,17H,3-4,7,9H2,1-2H3. The topological polar surface area (TPSA) is 46.2 Å². The molecule has 1 fully saturated rings. The number of rotatable bonds is 3. The van der Waals surface area contributed by atoms with Crippen LogP contribution in [0.25, 0.3) is 0 Å². The van der Waals surface area contributed by atoms with E-state index < -0.39 is 15.8 Å². The Morgan fingerprint density at radius 3 is 2.70 bits per heavy atom. The number of hydrogen-bond donors (Lipinski definition) is 1. The first-order valence-electron chi connectivity index (χ1n) is 6.67. The summed E-state index contributed by atoms with van der Waals surface area (Å²) in [7, 11) is -3.80. The normalized spacial score (nSPS) is 22.7. The minimum absolute atomic E-state index is 0.119. The van der Waals surface area contributed by atoms with Crippen molar-refractivity contribution in [3.63, 3.8) is 0 Å². The molecule has 20 heavy (non-hydrogen) atoms. The van der Waals surface area contributed by atoms with Crippen LogP contribution in [0.5, 0.6) is 0 Å². The smallest absolute Gasteiger partial charge is 0.208 e. The zero-order chi connectivity index (χ0) is 15.0. The average Bonchev–Trinajstić information content (AvgIpc) is 2.25. The van der Waals surface area contributed by atoms with Crippen LogP contribution in [0.2, 0.25) is 0 Å². The second-order valence-corrected chi connectivity index (χ2v) is 8.75. The maximum atomic E-state index is 13.8. The summed E-state index contributed by atoms with van der Waals surface area (Å²) >= 11 is 3.12. The predicted octanol–water partition coefficient (Wildman–Crippen LogP) is 3.84. The van der Waals surface area contributed by atoms with Gasteiger partial charge in [-0.25, -0.2) is 17.5 Å². The van der Waals surface area contributed by atoms with Crippen LogP contribution >= 0.6 is 15.9 Å². The van der Waals surface area contributed by atoms with Gasteiger partial charge in [-0.3, -0.25) is 0 Å². The molecule has 1 unspecified atom stereocenters. The molecule has 1 aliphatic carbocycles. The average molecular weight is 364 g/mol. The molecule has 1 saturated carbocycles. The highest BCUT2D eigenvalue weighted by Crippen LogP contribution is 2.35. The zero-order valence-electron chi connectivity index (χ0n) is 11.6. The fourth-order valence-corrected chi connectivity index (χ4v) is 4.44. The van der Waals surface area contributed by atoms with Crippen molar-refractivity contribution in [2.24, 2.45) is 5.41 Å². The lowest BCUT2D eigenvalue weighted by Crippen LogP contribution is -2.40. The van der Waals surface area contributed by atoms with Crippen LogP contribution in [-0.2, 0) is 10.0 Å². The van der Waals surface area contributed by atoms with E-state index in [4.69, 9.17) is 0 Å². The number of hydrogen-bond acceptors (Lipinski definition) is 2. The van der Waals surface area contributed by atoms with Gasteiger partial charge in [0.25, 0.3) is 0 Å². The van der Waals surface area contributed by atoms with E-state index in [0.29, 0.717) is 4.47 Å². The Bertz CT molecular complexity index is 601. The maximum Gasteiger partial charge on any atom is 0.243 e. The summed E-state index contributed by atoms with van der Waals surface area (Å²) in [5.74, 6) is -0.734. The van der Waals surface area contributed by atoms with Gasteiger partial charge in [-0.15, -0.1) is 0 Å². The fourth-order valence-electron chi connectivity index (χ4n) is 2.77. The molecule has 0 saturated heterocycles. The molecule has 0 bridgehead atoms. The molecule has 6 heteroatoms. The van der Waals surface area contributed by atoms with Crippen molar-refractivity contribution in [1.29, 1.82) is 0 Å². The monoisotopic (exact) mass is 363 g/mol. The number of halogens is 2. The maximum absolute atomic E-state index is 13.8. The Labute approximate surface area is 128 Å². The minimum Gasteiger partial charge on any atom is -0.208 e. The third-order valence-electron chi connectivity index (χ3n) is 3.71. The first-order valence-corrected chi connectivity index (χ1v) is 8.95. The summed E-state index contributed by atoms with van der Waals surface area (Å²) in [6.07, 6.45) is 3.67. The molecule has 1 aliphatic rings. The van der Waals surface area contributed by atoms with E-state index in [-0.39, 0.29) is 16.4 Å². The predicted molar refractivity (Wildman–Crippen MR) is 80.5 cm³/mol. The molecule has 3 nitrogen and oxygen atoms in total. The van der Waals surface area contributed by atoms with Crippen molar-refractivity contribution >= 4 is 26.0 Å². The SMILES string of the molecule is CC1(C)CCCC(NS(=O)(=O)c2ccc(Br)cc2F)C1. The summed E-state index contributed by atoms with van der Waals surface area (Å²) in [4.78, 5) is -0.288. The van der Waals surface area contributed by atoms with Crippen molar-refractivity contribution in [2.75, 3.05) is 0 Å². The Balaban J connectivity index is 2.19. The molecule has 0 aromatic heterocycles. The molecule has 1 aromatic carbocycles. The summed E-state index contributed by atoms with van der Waals surface area (Å²) in [6, 6.07) is 3.86. The number of sulfonamides is 1. The van der Waals surface area contributed by atoms with Crippen LogP contribution in [0.15, 0.2) is 27.6 Å². The van der Waals surface area contributed by atoms with Crippen LogP contribution in [-0.4, -0.2) is 14.5 Å². The van der Waals surface area contributed by atoms with Gasteiger partial charge in [-0.2, -0.15) is 0 Å². The molecule has 1 atom stereocenters. The molecule has 0 amide bonds. The van der Waals surface area contributed by atoms with Gasteiger partial charge in [0.1, 0.15) is 10.7 Å². The third-order valence-corrected chi connectivity index (χ3v) is 5.76. The highest BCUT2D eigenvalue weighted by molar-refractivity contribution is 9.10. The van der Waals surface area contributed by atoms with Crippen molar-refractivity contribution in [3.05, 3.63) is 28.5 Å². The van der Waals surface area contributed by atoms with Gasteiger partial charge < -0.3 is 0 Å². The Hall–Kier alpha value is -0.460. The quantitative estimate of drug-likeness (QED) is 0.886. The molecule has 1 N–H and O–H groups in total. The summed E-state index contributed by atoms with van der Waals surface area (Å²) in [6.45, 7) is 4.27. The van der Waals surface area contributed by atoms with E-state index in [0.717, 1.165) is 25.7 Å².